The molecule has 0 aromatic heterocycles. The van der Waals surface area contributed by atoms with Crippen LogP contribution in [0.15, 0.2) is 0 Å². The van der Waals surface area contributed by atoms with E-state index >= 15 is 0 Å². The predicted octanol–water partition coefficient (Wildman–Crippen LogP) is 6.18. The maximum Gasteiger partial charge on any atom is 0.317 e. The largest absolute Gasteiger partial charge is 0.459 e. The van der Waals surface area contributed by atoms with Crippen molar-refractivity contribution in [3.05, 3.63) is 0 Å². The van der Waals surface area contributed by atoms with Crippen LogP contribution in [0.25, 0.3) is 0 Å². The zero-order chi connectivity index (χ0) is 25.4. The van der Waals surface area contributed by atoms with Crippen LogP contribution in [0.3, 0.4) is 0 Å². The zero-order valence-electron chi connectivity index (χ0n) is 22.7. The Hall–Kier alpha value is -1.39. The van der Waals surface area contributed by atoms with Gasteiger partial charge < -0.3 is 9.47 Å². The number of cyclic esters (lactones) is 2. The van der Waals surface area contributed by atoms with Crippen molar-refractivity contribution >= 4 is 17.9 Å². The van der Waals surface area contributed by atoms with Gasteiger partial charge in [0.05, 0.1) is 17.8 Å². The molecule has 0 N–H and O–H groups in total. The van der Waals surface area contributed by atoms with E-state index in [4.69, 9.17) is 4.74 Å². The summed E-state index contributed by atoms with van der Waals surface area (Å²) in [7, 11) is 0. The molecular weight excluding hydrogens is 452 g/mol. The highest BCUT2D eigenvalue weighted by Gasteiger charge is 2.62. The normalized spacial score (nSPS) is 49.7. The number of esters is 3. The Morgan fingerprint density at radius 3 is 2.00 bits per heavy atom. The Bertz CT molecular complexity index is 883. The Morgan fingerprint density at radius 2 is 1.42 bits per heavy atom. The molecule has 6 aliphatic carbocycles. The summed E-state index contributed by atoms with van der Waals surface area (Å²) in [5.74, 6) is 6.51. The SMILES string of the molecule is CC1C(=O)OC(=O)C1C.CC1C2CC(C(=O)OC3(C4C5CC6CCCC4C6C5)CCCC3)C(C2)C1C. The van der Waals surface area contributed by atoms with Gasteiger partial charge in [-0.3, -0.25) is 14.4 Å². The lowest BCUT2D eigenvalue weighted by atomic mass is 9.61. The third-order valence-corrected chi connectivity index (χ3v) is 12.7. The molecule has 36 heavy (non-hydrogen) atoms. The van der Waals surface area contributed by atoms with Crippen molar-refractivity contribution < 1.29 is 23.9 Å². The summed E-state index contributed by atoms with van der Waals surface area (Å²) in [4.78, 5) is 34.6. The summed E-state index contributed by atoms with van der Waals surface area (Å²) >= 11 is 0. The summed E-state index contributed by atoms with van der Waals surface area (Å²) < 4.78 is 11.0. The summed E-state index contributed by atoms with van der Waals surface area (Å²) in [6.07, 6.45) is 14.5. The van der Waals surface area contributed by atoms with Gasteiger partial charge in [0.1, 0.15) is 5.60 Å². The number of carbonyl (C=O) groups is 3. The zero-order valence-corrected chi connectivity index (χ0v) is 22.7. The van der Waals surface area contributed by atoms with Crippen molar-refractivity contribution in [1.29, 1.82) is 0 Å². The molecule has 1 heterocycles. The molecular formula is C31H46O5. The fourth-order valence-electron chi connectivity index (χ4n) is 10.5. The third kappa shape index (κ3) is 3.80. The monoisotopic (exact) mass is 498 g/mol. The number of hydrogen-bond acceptors (Lipinski definition) is 5. The van der Waals surface area contributed by atoms with Gasteiger partial charge in [0.25, 0.3) is 0 Å². The summed E-state index contributed by atoms with van der Waals surface area (Å²) in [6, 6.07) is 0. The van der Waals surface area contributed by atoms with E-state index in [1.54, 1.807) is 13.8 Å². The van der Waals surface area contributed by atoms with Gasteiger partial charge in [-0.2, -0.15) is 0 Å². The van der Waals surface area contributed by atoms with Gasteiger partial charge in [-0.1, -0.05) is 40.5 Å². The number of hydrogen-bond donors (Lipinski definition) is 0. The molecule has 6 saturated carbocycles. The Morgan fingerprint density at radius 1 is 0.750 bits per heavy atom. The molecule has 7 fully saturated rings. The maximum absolute atomic E-state index is 13.5. The Balaban J connectivity index is 0.000000228. The first-order valence-corrected chi connectivity index (χ1v) is 15.2. The van der Waals surface area contributed by atoms with Gasteiger partial charge in [-0.05, 0) is 105 Å². The molecule has 7 rings (SSSR count). The van der Waals surface area contributed by atoms with Gasteiger partial charge >= 0.3 is 17.9 Å². The fourth-order valence-corrected chi connectivity index (χ4v) is 10.5. The third-order valence-electron chi connectivity index (χ3n) is 12.7. The molecule has 12 unspecified atom stereocenters. The summed E-state index contributed by atoms with van der Waals surface area (Å²) in [5.41, 5.74) is -0.0693. The van der Waals surface area contributed by atoms with Crippen LogP contribution < -0.4 is 0 Å². The van der Waals surface area contributed by atoms with Crippen molar-refractivity contribution in [2.45, 2.75) is 104 Å². The van der Waals surface area contributed by atoms with Gasteiger partial charge in [-0.15, -0.1) is 0 Å². The second-order valence-corrected chi connectivity index (χ2v) is 14.0. The quantitative estimate of drug-likeness (QED) is 0.343. The van der Waals surface area contributed by atoms with Crippen LogP contribution in [0.1, 0.15) is 98.3 Å². The highest BCUT2D eigenvalue weighted by Crippen LogP contribution is 2.66. The van der Waals surface area contributed by atoms with E-state index in [1.165, 1.54) is 64.2 Å². The lowest BCUT2D eigenvalue weighted by Crippen LogP contribution is -2.49. The first kappa shape index (κ1) is 24.9. The molecule has 4 bridgehead atoms. The Kier molecular flexibility index (Phi) is 6.31. The number of fused-ring (bicyclic) bond motifs is 3. The highest BCUT2D eigenvalue weighted by atomic mass is 16.6. The van der Waals surface area contributed by atoms with E-state index in [-0.39, 0.29) is 29.3 Å². The number of rotatable bonds is 3. The van der Waals surface area contributed by atoms with Gasteiger partial charge in [0.15, 0.2) is 0 Å². The van der Waals surface area contributed by atoms with Gasteiger partial charge in [-0.25, -0.2) is 0 Å². The van der Waals surface area contributed by atoms with Crippen molar-refractivity contribution in [1.82, 2.24) is 0 Å². The topological polar surface area (TPSA) is 69.7 Å². The van der Waals surface area contributed by atoms with E-state index in [2.05, 4.69) is 18.6 Å². The average Bonchev–Trinajstić information content (AvgIpc) is 3.68. The van der Waals surface area contributed by atoms with Crippen LogP contribution in [0.4, 0.5) is 0 Å². The second kappa shape index (κ2) is 9.12. The maximum atomic E-state index is 13.5. The lowest BCUT2D eigenvalue weighted by Gasteiger charge is -2.48. The van der Waals surface area contributed by atoms with Crippen LogP contribution in [-0.4, -0.2) is 23.5 Å². The van der Waals surface area contributed by atoms with E-state index in [9.17, 15) is 14.4 Å². The molecule has 12 atom stereocenters. The minimum Gasteiger partial charge on any atom is -0.459 e. The molecule has 0 radical (unpaired) electrons. The molecule has 5 nitrogen and oxygen atoms in total. The van der Waals surface area contributed by atoms with Crippen LogP contribution in [0, 0.1) is 71.0 Å². The number of carbonyl (C=O) groups excluding carboxylic acids is 3. The first-order valence-electron chi connectivity index (χ1n) is 15.2. The molecule has 1 aliphatic heterocycles. The molecule has 0 aromatic rings. The van der Waals surface area contributed by atoms with Crippen molar-refractivity contribution in [2.24, 2.45) is 71.0 Å². The molecule has 0 aromatic carbocycles. The highest BCUT2D eigenvalue weighted by molar-refractivity contribution is 5.95. The van der Waals surface area contributed by atoms with Gasteiger partial charge in [0.2, 0.25) is 0 Å². The van der Waals surface area contributed by atoms with Crippen LogP contribution >= 0.6 is 0 Å². The fraction of sp³-hybridized carbons (Fsp3) is 0.903. The minimum absolute atomic E-state index is 0.0693. The van der Waals surface area contributed by atoms with E-state index in [0.29, 0.717) is 17.8 Å². The van der Waals surface area contributed by atoms with Crippen molar-refractivity contribution in [2.75, 3.05) is 0 Å². The van der Waals surface area contributed by atoms with E-state index in [0.717, 1.165) is 41.9 Å². The molecule has 5 heteroatoms. The first-order chi connectivity index (χ1) is 17.2. The van der Waals surface area contributed by atoms with Crippen LogP contribution in [-0.2, 0) is 23.9 Å². The minimum atomic E-state index is -0.396. The predicted molar refractivity (Wildman–Crippen MR) is 135 cm³/mol. The summed E-state index contributed by atoms with van der Waals surface area (Å²) in [5, 5.41) is 0. The molecule has 0 spiro atoms. The lowest BCUT2D eigenvalue weighted by molar-refractivity contribution is -0.181. The molecule has 0 amide bonds. The van der Waals surface area contributed by atoms with Crippen LogP contribution in [0.2, 0.25) is 0 Å². The average molecular weight is 499 g/mol. The second-order valence-electron chi connectivity index (χ2n) is 14.0. The molecule has 200 valence electrons. The number of ether oxygens (including phenoxy) is 2. The molecule has 1 saturated heterocycles. The van der Waals surface area contributed by atoms with E-state index in [1.807, 2.05) is 0 Å². The summed E-state index contributed by atoms with van der Waals surface area (Å²) in [6.45, 7) is 8.18. The van der Waals surface area contributed by atoms with Crippen molar-refractivity contribution in [3.8, 4) is 0 Å². The smallest absolute Gasteiger partial charge is 0.317 e. The Labute approximate surface area is 216 Å². The van der Waals surface area contributed by atoms with E-state index < -0.39 is 11.9 Å². The standard InChI is InChI=1S/C25H38O2.C6H8O3/c1-14-15(2)20-11-17(14)12-22(20)24(26)27-25(8-3-4-9-25)23-18-10-16-6-5-7-19(23)21(16)13-18;1-3-4(2)6(8)9-5(3)7/h14-23H,3-13H2,1-2H3;3-4H,1-2H3. The van der Waals surface area contributed by atoms with Gasteiger partial charge in [0, 0.05) is 5.92 Å². The van der Waals surface area contributed by atoms with Crippen molar-refractivity contribution in [3.63, 3.8) is 0 Å². The molecule has 7 aliphatic rings. The van der Waals surface area contributed by atoms with Crippen LogP contribution in [0.5, 0.6) is 0 Å².